The van der Waals surface area contributed by atoms with Gasteiger partial charge in [-0.25, -0.2) is 4.79 Å². The van der Waals surface area contributed by atoms with Gasteiger partial charge in [-0.2, -0.15) is 0 Å². The third-order valence-corrected chi connectivity index (χ3v) is 3.80. The minimum Gasteiger partial charge on any atom is -0.493 e. The highest BCUT2D eigenvalue weighted by Gasteiger charge is 2.11. The third kappa shape index (κ3) is 4.18. The van der Waals surface area contributed by atoms with E-state index >= 15 is 0 Å². The minimum absolute atomic E-state index is 0.224. The Morgan fingerprint density at radius 2 is 1.95 bits per heavy atom. The topological polar surface area (TPSA) is 46.5 Å². The van der Waals surface area contributed by atoms with Crippen molar-refractivity contribution >= 4 is 29.3 Å². The summed E-state index contributed by atoms with van der Waals surface area (Å²) >= 11 is 7.24. The van der Waals surface area contributed by atoms with Crippen molar-refractivity contribution in [2.75, 3.05) is 12.4 Å². The summed E-state index contributed by atoms with van der Waals surface area (Å²) in [6, 6.07) is 14.4. The van der Waals surface area contributed by atoms with Gasteiger partial charge in [0.05, 0.1) is 12.2 Å². The van der Waals surface area contributed by atoms with Crippen LogP contribution in [0.1, 0.15) is 10.4 Å². The van der Waals surface area contributed by atoms with Crippen molar-refractivity contribution in [1.29, 1.82) is 0 Å². The number of aromatic carboxylic acids is 1. The Bertz CT molecular complexity index is 587. The van der Waals surface area contributed by atoms with Crippen molar-refractivity contribution in [3.63, 3.8) is 0 Å². The highest BCUT2D eigenvalue weighted by Crippen LogP contribution is 2.26. The van der Waals surface area contributed by atoms with Crippen LogP contribution in [0.15, 0.2) is 53.4 Å². The van der Waals surface area contributed by atoms with E-state index in [4.69, 9.17) is 21.4 Å². The van der Waals surface area contributed by atoms with Gasteiger partial charge in [0.1, 0.15) is 5.75 Å². The highest BCUT2D eigenvalue weighted by atomic mass is 35.5. The molecule has 2 aromatic carbocycles. The van der Waals surface area contributed by atoms with Crippen LogP contribution in [0.3, 0.4) is 0 Å². The Hall–Kier alpha value is -1.65. The first-order valence-corrected chi connectivity index (χ1v) is 7.36. The molecule has 0 amide bonds. The Balaban J connectivity index is 1.90. The summed E-state index contributed by atoms with van der Waals surface area (Å²) in [5.74, 6) is 0.498. The molecule has 0 saturated carbocycles. The van der Waals surface area contributed by atoms with Crippen LogP contribution >= 0.6 is 23.4 Å². The highest BCUT2D eigenvalue weighted by molar-refractivity contribution is 7.99. The summed E-state index contributed by atoms with van der Waals surface area (Å²) in [5.41, 5.74) is 0.224. The Morgan fingerprint density at radius 3 is 2.65 bits per heavy atom. The van der Waals surface area contributed by atoms with E-state index in [2.05, 4.69) is 0 Å². The lowest BCUT2D eigenvalue weighted by molar-refractivity contribution is 0.0693. The molecule has 5 heteroatoms. The number of rotatable bonds is 6. The lowest BCUT2D eigenvalue weighted by Gasteiger charge is -2.08. The van der Waals surface area contributed by atoms with Crippen LogP contribution in [0.5, 0.6) is 5.75 Å². The lowest BCUT2D eigenvalue weighted by Crippen LogP contribution is -2.02. The van der Waals surface area contributed by atoms with Gasteiger partial charge >= 0.3 is 5.97 Å². The largest absolute Gasteiger partial charge is 0.493 e. The fraction of sp³-hybridized carbons (Fsp3) is 0.133. The summed E-state index contributed by atoms with van der Waals surface area (Å²) < 4.78 is 5.56. The number of hydrogen-bond acceptors (Lipinski definition) is 3. The van der Waals surface area contributed by atoms with Gasteiger partial charge in [0.25, 0.3) is 0 Å². The van der Waals surface area contributed by atoms with Gasteiger partial charge < -0.3 is 9.84 Å². The molecule has 3 nitrogen and oxygen atoms in total. The number of carboxylic acid groups (broad SMARTS) is 1. The van der Waals surface area contributed by atoms with Crippen LogP contribution in [-0.4, -0.2) is 23.4 Å². The van der Waals surface area contributed by atoms with Crippen LogP contribution in [0.2, 0.25) is 5.02 Å². The first-order chi connectivity index (χ1) is 9.66. The zero-order valence-corrected chi connectivity index (χ0v) is 12.2. The van der Waals surface area contributed by atoms with Crippen molar-refractivity contribution in [1.82, 2.24) is 0 Å². The third-order valence-electron chi connectivity index (χ3n) is 2.52. The number of thioether (sulfide) groups is 1. The average molecular weight is 309 g/mol. The number of ether oxygens (including phenoxy) is 1. The average Bonchev–Trinajstić information content (AvgIpc) is 2.45. The molecule has 0 radical (unpaired) electrons. The van der Waals surface area contributed by atoms with E-state index in [0.29, 0.717) is 22.3 Å². The summed E-state index contributed by atoms with van der Waals surface area (Å²) in [6.07, 6.45) is 0. The van der Waals surface area contributed by atoms with E-state index in [-0.39, 0.29) is 5.56 Å². The van der Waals surface area contributed by atoms with E-state index in [1.807, 2.05) is 30.3 Å². The van der Waals surface area contributed by atoms with Crippen molar-refractivity contribution in [3.8, 4) is 5.75 Å². The normalized spacial score (nSPS) is 10.2. The quantitative estimate of drug-likeness (QED) is 0.641. The molecule has 0 aliphatic heterocycles. The van der Waals surface area contributed by atoms with E-state index in [0.717, 1.165) is 5.75 Å². The molecule has 1 N–H and O–H groups in total. The van der Waals surface area contributed by atoms with Crippen LogP contribution in [0.4, 0.5) is 0 Å². The Morgan fingerprint density at radius 1 is 1.20 bits per heavy atom. The molecular formula is C15H13ClO3S. The first kappa shape index (κ1) is 14.8. The molecule has 0 aliphatic carbocycles. The molecule has 0 saturated heterocycles. The van der Waals surface area contributed by atoms with Crippen molar-refractivity contribution in [3.05, 3.63) is 59.1 Å². The van der Waals surface area contributed by atoms with Crippen LogP contribution in [-0.2, 0) is 0 Å². The van der Waals surface area contributed by atoms with Gasteiger partial charge in [-0.1, -0.05) is 29.8 Å². The molecule has 0 heterocycles. The Labute approximate surface area is 126 Å². The first-order valence-electron chi connectivity index (χ1n) is 6.00. The predicted octanol–water partition coefficient (Wildman–Crippen LogP) is 4.21. The molecular weight excluding hydrogens is 296 g/mol. The minimum atomic E-state index is -0.973. The molecule has 104 valence electrons. The van der Waals surface area contributed by atoms with Gasteiger partial charge in [-0.3, -0.25) is 0 Å². The number of para-hydroxylation sites is 1. The van der Waals surface area contributed by atoms with Crippen LogP contribution < -0.4 is 4.74 Å². The van der Waals surface area contributed by atoms with E-state index in [1.165, 1.54) is 17.8 Å². The van der Waals surface area contributed by atoms with Gasteiger partial charge in [-0.15, -0.1) is 11.8 Å². The van der Waals surface area contributed by atoms with E-state index < -0.39 is 5.97 Å². The predicted molar refractivity (Wildman–Crippen MR) is 81.1 cm³/mol. The van der Waals surface area contributed by atoms with Crippen molar-refractivity contribution in [2.45, 2.75) is 4.90 Å². The molecule has 2 rings (SSSR count). The molecule has 20 heavy (non-hydrogen) atoms. The molecule has 2 aromatic rings. The molecule has 0 fully saturated rings. The number of benzene rings is 2. The molecule has 0 aliphatic rings. The SMILES string of the molecule is O=C(O)c1cc(Cl)ccc1SCCOc1ccccc1. The molecule has 0 aromatic heterocycles. The van der Waals surface area contributed by atoms with E-state index in [9.17, 15) is 4.79 Å². The van der Waals surface area contributed by atoms with Crippen molar-refractivity contribution in [2.24, 2.45) is 0 Å². The molecule has 0 unspecified atom stereocenters. The molecule has 0 spiro atoms. The monoisotopic (exact) mass is 308 g/mol. The number of carbonyl (C=O) groups is 1. The fourth-order valence-corrected chi connectivity index (χ4v) is 2.65. The fourth-order valence-electron chi connectivity index (χ4n) is 1.62. The van der Waals surface area contributed by atoms with Gasteiger partial charge in [0.15, 0.2) is 0 Å². The number of halogens is 1. The maximum absolute atomic E-state index is 11.1. The zero-order chi connectivity index (χ0) is 14.4. The van der Waals surface area contributed by atoms with Crippen LogP contribution in [0, 0.1) is 0 Å². The summed E-state index contributed by atoms with van der Waals surface area (Å²) in [6.45, 7) is 0.510. The Kier molecular flexibility index (Phi) is 5.32. The summed E-state index contributed by atoms with van der Waals surface area (Å²) in [4.78, 5) is 11.8. The van der Waals surface area contributed by atoms with E-state index in [1.54, 1.807) is 12.1 Å². The zero-order valence-electron chi connectivity index (χ0n) is 10.6. The van der Waals surface area contributed by atoms with Crippen molar-refractivity contribution < 1.29 is 14.6 Å². The summed E-state index contributed by atoms with van der Waals surface area (Å²) in [7, 11) is 0. The molecule has 0 atom stereocenters. The second kappa shape index (κ2) is 7.22. The maximum Gasteiger partial charge on any atom is 0.336 e. The van der Waals surface area contributed by atoms with Gasteiger partial charge in [-0.05, 0) is 30.3 Å². The second-order valence-corrected chi connectivity index (χ2v) is 5.53. The molecule has 0 bridgehead atoms. The van der Waals surface area contributed by atoms with Crippen LogP contribution in [0.25, 0.3) is 0 Å². The maximum atomic E-state index is 11.1. The lowest BCUT2D eigenvalue weighted by atomic mass is 10.2. The number of carboxylic acids is 1. The number of hydrogen-bond donors (Lipinski definition) is 1. The smallest absolute Gasteiger partial charge is 0.336 e. The summed E-state index contributed by atoms with van der Waals surface area (Å²) in [5, 5.41) is 9.54. The second-order valence-electron chi connectivity index (χ2n) is 3.96. The van der Waals surface area contributed by atoms with Gasteiger partial charge in [0.2, 0.25) is 0 Å². The van der Waals surface area contributed by atoms with Gasteiger partial charge in [0, 0.05) is 15.7 Å². The standard InChI is InChI=1S/C15H13ClO3S/c16-11-6-7-14(13(10-11)15(17)18)20-9-8-19-12-4-2-1-3-5-12/h1-7,10H,8-9H2,(H,17,18).